The molecule has 0 aromatic heterocycles. The van der Waals surface area contributed by atoms with Crippen molar-refractivity contribution in [1.29, 1.82) is 0 Å². The van der Waals surface area contributed by atoms with Gasteiger partial charge in [-0.15, -0.1) is 0 Å². The molecule has 88 valence electrons. The van der Waals surface area contributed by atoms with E-state index >= 15 is 0 Å². The van der Waals surface area contributed by atoms with Crippen LogP contribution in [0.1, 0.15) is 13.8 Å². The van der Waals surface area contributed by atoms with Crippen LogP contribution in [0.4, 0.5) is 0 Å². The van der Waals surface area contributed by atoms with Crippen LogP contribution >= 0.6 is 0 Å². The summed E-state index contributed by atoms with van der Waals surface area (Å²) in [7, 11) is 1.27. The van der Waals surface area contributed by atoms with Crippen molar-refractivity contribution >= 4 is 11.9 Å². The number of nitrogens with two attached hydrogens (primary N) is 1. The molecule has 0 spiro atoms. The molecule has 0 bridgehead atoms. The molecule has 0 atom stereocenters. The first-order chi connectivity index (χ1) is 6.94. The molecule has 0 aliphatic rings. The molecule has 0 radical (unpaired) electrons. The summed E-state index contributed by atoms with van der Waals surface area (Å²) in [6.07, 6.45) is 0. The number of hydrogen-bond donors (Lipinski definition) is 2. The van der Waals surface area contributed by atoms with Gasteiger partial charge in [0.05, 0.1) is 13.7 Å². The van der Waals surface area contributed by atoms with E-state index in [4.69, 9.17) is 10.5 Å². The van der Waals surface area contributed by atoms with Crippen LogP contribution in [0.25, 0.3) is 0 Å². The van der Waals surface area contributed by atoms with Crippen LogP contribution in [0, 0.1) is 0 Å². The first-order valence-corrected chi connectivity index (χ1v) is 4.61. The Labute approximate surface area is 89.1 Å². The molecule has 0 heterocycles. The fourth-order valence-corrected chi connectivity index (χ4v) is 0.939. The minimum absolute atomic E-state index is 0.113. The van der Waals surface area contributed by atoms with E-state index in [1.165, 1.54) is 7.11 Å². The molecule has 0 saturated carbocycles. The minimum atomic E-state index is -1.04. The van der Waals surface area contributed by atoms with Gasteiger partial charge in [-0.2, -0.15) is 0 Å². The monoisotopic (exact) mass is 218 g/mol. The molecular formula is C9H18N2O4. The summed E-state index contributed by atoms with van der Waals surface area (Å²) < 4.78 is 9.44. The summed E-state index contributed by atoms with van der Waals surface area (Å²) >= 11 is 0. The molecule has 0 saturated heterocycles. The Morgan fingerprint density at radius 1 is 1.40 bits per heavy atom. The number of ether oxygens (including phenoxy) is 2. The maximum Gasteiger partial charge on any atom is 0.330 e. The van der Waals surface area contributed by atoms with Gasteiger partial charge in [-0.1, -0.05) is 0 Å². The van der Waals surface area contributed by atoms with Crippen LogP contribution < -0.4 is 11.1 Å². The van der Waals surface area contributed by atoms with Crippen LogP contribution in [0.2, 0.25) is 0 Å². The summed E-state index contributed by atoms with van der Waals surface area (Å²) in [5, 5.41) is 2.49. The van der Waals surface area contributed by atoms with E-state index in [1.54, 1.807) is 13.8 Å². The highest BCUT2D eigenvalue weighted by molar-refractivity contribution is 5.87. The molecule has 0 aromatic rings. The van der Waals surface area contributed by atoms with Crippen LogP contribution in [0.3, 0.4) is 0 Å². The van der Waals surface area contributed by atoms with Crippen molar-refractivity contribution in [2.24, 2.45) is 5.73 Å². The third kappa shape index (κ3) is 5.34. The van der Waals surface area contributed by atoms with Gasteiger partial charge in [0.2, 0.25) is 5.91 Å². The lowest BCUT2D eigenvalue weighted by Gasteiger charge is -2.22. The molecule has 0 fully saturated rings. The lowest BCUT2D eigenvalue weighted by Crippen LogP contribution is -2.51. The van der Waals surface area contributed by atoms with Gasteiger partial charge in [0.1, 0.15) is 12.1 Å². The van der Waals surface area contributed by atoms with Crippen molar-refractivity contribution in [2.45, 2.75) is 19.4 Å². The molecule has 0 rings (SSSR count). The van der Waals surface area contributed by atoms with Crippen molar-refractivity contribution in [3.8, 4) is 0 Å². The largest absolute Gasteiger partial charge is 0.467 e. The molecule has 1 amide bonds. The number of amides is 1. The highest BCUT2D eigenvalue weighted by Gasteiger charge is 2.30. The second-order valence-corrected chi connectivity index (χ2v) is 3.51. The number of carbonyl (C=O) groups excluding carboxylic acids is 2. The van der Waals surface area contributed by atoms with Gasteiger partial charge in [0.15, 0.2) is 0 Å². The first kappa shape index (κ1) is 13.9. The summed E-state index contributed by atoms with van der Waals surface area (Å²) in [4.78, 5) is 22.5. The predicted octanol–water partition coefficient (Wildman–Crippen LogP) is -0.970. The topological polar surface area (TPSA) is 90.6 Å². The van der Waals surface area contributed by atoms with E-state index in [9.17, 15) is 9.59 Å². The molecule has 15 heavy (non-hydrogen) atoms. The zero-order valence-electron chi connectivity index (χ0n) is 9.33. The third-order valence-corrected chi connectivity index (χ3v) is 1.64. The van der Waals surface area contributed by atoms with E-state index in [1.807, 2.05) is 0 Å². The molecular weight excluding hydrogens is 200 g/mol. The molecule has 0 aliphatic heterocycles. The van der Waals surface area contributed by atoms with Crippen LogP contribution in [0.5, 0.6) is 0 Å². The fraction of sp³-hybridized carbons (Fsp3) is 0.778. The number of methoxy groups -OCH3 is 1. The lowest BCUT2D eigenvalue weighted by molar-refractivity contribution is -0.149. The molecule has 3 N–H and O–H groups in total. The highest BCUT2D eigenvalue weighted by atomic mass is 16.5. The lowest BCUT2D eigenvalue weighted by atomic mass is 10.1. The van der Waals surface area contributed by atoms with Crippen molar-refractivity contribution in [1.82, 2.24) is 5.32 Å². The molecule has 0 aromatic carbocycles. The predicted molar refractivity (Wildman–Crippen MR) is 54.1 cm³/mol. The Bertz CT molecular complexity index is 228. The van der Waals surface area contributed by atoms with E-state index < -0.39 is 11.5 Å². The SMILES string of the molecule is COC(=O)C(C)(C)NC(=O)COCCN. The maximum atomic E-state index is 11.3. The van der Waals surface area contributed by atoms with Gasteiger partial charge in [0.25, 0.3) is 0 Å². The van der Waals surface area contributed by atoms with Crippen molar-refractivity contribution in [3.05, 3.63) is 0 Å². The number of nitrogens with one attached hydrogen (secondary N) is 1. The summed E-state index contributed by atoms with van der Waals surface area (Å²) in [5.41, 5.74) is 4.14. The van der Waals surface area contributed by atoms with Gasteiger partial charge >= 0.3 is 5.97 Å². The normalized spacial score (nSPS) is 10.9. The fourth-order valence-electron chi connectivity index (χ4n) is 0.939. The number of rotatable bonds is 6. The molecule has 6 nitrogen and oxygen atoms in total. The van der Waals surface area contributed by atoms with Gasteiger partial charge in [-0.25, -0.2) is 4.79 Å². The maximum absolute atomic E-state index is 11.3. The zero-order valence-corrected chi connectivity index (χ0v) is 9.33. The summed E-state index contributed by atoms with van der Waals surface area (Å²) in [5.74, 6) is -0.881. The van der Waals surface area contributed by atoms with Crippen molar-refractivity contribution in [2.75, 3.05) is 26.9 Å². The van der Waals surface area contributed by atoms with Gasteiger partial charge < -0.3 is 20.5 Å². The quantitative estimate of drug-likeness (QED) is 0.442. The third-order valence-electron chi connectivity index (χ3n) is 1.64. The first-order valence-electron chi connectivity index (χ1n) is 4.61. The van der Waals surface area contributed by atoms with Gasteiger partial charge in [-0.3, -0.25) is 4.79 Å². The standard InChI is InChI=1S/C9H18N2O4/c1-9(2,8(13)14-3)11-7(12)6-15-5-4-10/h4-6,10H2,1-3H3,(H,11,12). The Morgan fingerprint density at radius 2 is 2.00 bits per heavy atom. The minimum Gasteiger partial charge on any atom is -0.467 e. The average Bonchev–Trinajstić information content (AvgIpc) is 2.16. The number of esters is 1. The average molecular weight is 218 g/mol. The zero-order chi connectivity index (χ0) is 11.9. The molecule has 0 aliphatic carbocycles. The second kappa shape index (κ2) is 6.36. The Hall–Kier alpha value is -1.14. The van der Waals surface area contributed by atoms with Gasteiger partial charge in [0, 0.05) is 6.54 Å². The molecule has 0 unspecified atom stereocenters. The number of hydrogen-bond acceptors (Lipinski definition) is 5. The van der Waals surface area contributed by atoms with Crippen LogP contribution in [-0.4, -0.2) is 44.3 Å². The van der Waals surface area contributed by atoms with E-state index in [-0.39, 0.29) is 12.5 Å². The number of carbonyl (C=O) groups is 2. The van der Waals surface area contributed by atoms with Crippen LogP contribution in [0.15, 0.2) is 0 Å². The Balaban J connectivity index is 3.99. The second-order valence-electron chi connectivity index (χ2n) is 3.51. The smallest absolute Gasteiger partial charge is 0.330 e. The Kier molecular flexibility index (Phi) is 5.88. The highest BCUT2D eigenvalue weighted by Crippen LogP contribution is 2.03. The van der Waals surface area contributed by atoms with Gasteiger partial charge in [-0.05, 0) is 13.8 Å². The van der Waals surface area contributed by atoms with E-state index in [0.29, 0.717) is 13.2 Å². The van der Waals surface area contributed by atoms with Crippen LogP contribution in [-0.2, 0) is 19.1 Å². The van der Waals surface area contributed by atoms with E-state index in [2.05, 4.69) is 10.1 Å². The van der Waals surface area contributed by atoms with E-state index in [0.717, 1.165) is 0 Å². The van der Waals surface area contributed by atoms with Crippen molar-refractivity contribution < 1.29 is 19.1 Å². The summed E-state index contributed by atoms with van der Waals surface area (Å²) in [6, 6.07) is 0. The Morgan fingerprint density at radius 3 is 2.47 bits per heavy atom. The molecule has 6 heteroatoms. The van der Waals surface area contributed by atoms with Crippen molar-refractivity contribution in [3.63, 3.8) is 0 Å². The summed E-state index contributed by atoms with van der Waals surface area (Å²) in [6.45, 7) is 3.66.